The molecule has 118 valence electrons. The van der Waals surface area contributed by atoms with E-state index in [0.29, 0.717) is 6.54 Å². The highest BCUT2D eigenvalue weighted by atomic mass is 16.5. The van der Waals surface area contributed by atoms with Crippen molar-refractivity contribution in [3.63, 3.8) is 0 Å². The molecule has 0 unspecified atom stereocenters. The SMILES string of the molecule is CCC(CC)(CN)C(=O)N1CCCN(CCOC)CC1. The van der Waals surface area contributed by atoms with E-state index in [-0.39, 0.29) is 11.3 Å². The summed E-state index contributed by atoms with van der Waals surface area (Å²) in [6, 6.07) is 0. The van der Waals surface area contributed by atoms with E-state index in [2.05, 4.69) is 18.7 Å². The Morgan fingerprint density at radius 1 is 1.20 bits per heavy atom. The van der Waals surface area contributed by atoms with Gasteiger partial charge in [-0.05, 0) is 25.8 Å². The van der Waals surface area contributed by atoms with Crippen LogP contribution in [0.15, 0.2) is 0 Å². The molecule has 0 atom stereocenters. The summed E-state index contributed by atoms with van der Waals surface area (Å²) < 4.78 is 5.13. The standard InChI is InChI=1S/C15H31N3O2/c1-4-15(5-2,13-16)14(19)18-8-6-7-17(9-10-18)11-12-20-3/h4-13,16H2,1-3H3. The van der Waals surface area contributed by atoms with E-state index in [1.165, 1.54) is 0 Å². The predicted molar refractivity (Wildman–Crippen MR) is 81.6 cm³/mol. The van der Waals surface area contributed by atoms with Gasteiger partial charge in [-0.3, -0.25) is 9.69 Å². The lowest BCUT2D eigenvalue weighted by Crippen LogP contribution is -2.48. The minimum absolute atomic E-state index is 0.249. The Morgan fingerprint density at radius 3 is 2.45 bits per heavy atom. The van der Waals surface area contributed by atoms with Crippen molar-refractivity contribution in [2.45, 2.75) is 33.1 Å². The van der Waals surface area contributed by atoms with Crippen LogP contribution in [0.4, 0.5) is 0 Å². The maximum absolute atomic E-state index is 12.8. The number of nitrogens with two attached hydrogens (primary N) is 1. The number of hydrogen-bond donors (Lipinski definition) is 1. The zero-order chi connectivity index (χ0) is 15.0. The second kappa shape index (κ2) is 8.60. The molecule has 0 aromatic heterocycles. The zero-order valence-electron chi connectivity index (χ0n) is 13.4. The van der Waals surface area contributed by atoms with Gasteiger partial charge in [-0.25, -0.2) is 0 Å². The van der Waals surface area contributed by atoms with Gasteiger partial charge >= 0.3 is 0 Å². The largest absolute Gasteiger partial charge is 0.383 e. The van der Waals surface area contributed by atoms with Gasteiger partial charge < -0.3 is 15.4 Å². The fraction of sp³-hybridized carbons (Fsp3) is 0.933. The average Bonchev–Trinajstić information content (AvgIpc) is 2.73. The van der Waals surface area contributed by atoms with Gasteiger partial charge in [-0.15, -0.1) is 0 Å². The van der Waals surface area contributed by atoms with Crippen molar-refractivity contribution in [2.75, 3.05) is 53.0 Å². The van der Waals surface area contributed by atoms with Crippen LogP contribution in [0.5, 0.6) is 0 Å². The lowest BCUT2D eigenvalue weighted by atomic mass is 9.81. The summed E-state index contributed by atoms with van der Waals surface area (Å²) in [5, 5.41) is 0. The Balaban J connectivity index is 2.61. The van der Waals surface area contributed by atoms with Crippen molar-refractivity contribution in [1.29, 1.82) is 0 Å². The molecule has 0 spiro atoms. The number of ether oxygens (including phenoxy) is 1. The third-order valence-corrected chi connectivity index (χ3v) is 4.69. The first kappa shape index (κ1) is 17.4. The molecule has 5 nitrogen and oxygen atoms in total. The summed E-state index contributed by atoms with van der Waals surface area (Å²) in [5.41, 5.74) is 5.53. The lowest BCUT2D eigenvalue weighted by molar-refractivity contribution is -0.142. The Bertz CT molecular complexity index is 285. The summed E-state index contributed by atoms with van der Waals surface area (Å²) >= 11 is 0. The second-order valence-corrected chi connectivity index (χ2v) is 5.67. The highest BCUT2D eigenvalue weighted by Gasteiger charge is 2.37. The molecule has 0 aromatic carbocycles. The maximum Gasteiger partial charge on any atom is 0.230 e. The average molecular weight is 285 g/mol. The number of amides is 1. The summed E-state index contributed by atoms with van der Waals surface area (Å²) in [6.07, 6.45) is 2.68. The number of carbonyl (C=O) groups excluding carboxylic acids is 1. The molecule has 1 aliphatic heterocycles. The number of nitrogens with zero attached hydrogens (tertiary/aromatic N) is 2. The fourth-order valence-electron chi connectivity index (χ4n) is 2.88. The van der Waals surface area contributed by atoms with Crippen molar-refractivity contribution in [3.05, 3.63) is 0 Å². The summed E-state index contributed by atoms with van der Waals surface area (Å²) in [7, 11) is 1.73. The van der Waals surface area contributed by atoms with Crippen LogP contribution in [0.25, 0.3) is 0 Å². The van der Waals surface area contributed by atoms with Crippen molar-refractivity contribution in [1.82, 2.24) is 9.80 Å². The van der Waals surface area contributed by atoms with Gasteiger partial charge in [-0.1, -0.05) is 13.8 Å². The van der Waals surface area contributed by atoms with Crippen LogP contribution in [0, 0.1) is 5.41 Å². The van der Waals surface area contributed by atoms with Gasteiger partial charge in [0, 0.05) is 39.8 Å². The third kappa shape index (κ3) is 4.17. The molecule has 2 N–H and O–H groups in total. The molecule has 0 radical (unpaired) electrons. The molecule has 1 saturated heterocycles. The normalized spacial score (nSPS) is 18.1. The van der Waals surface area contributed by atoms with Crippen molar-refractivity contribution >= 4 is 5.91 Å². The fourth-order valence-corrected chi connectivity index (χ4v) is 2.88. The van der Waals surface area contributed by atoms with Crippen LogP contribution in [-0.4, -0.2) is 68.7 Å². The first-order chi connectivity index (χ1) is 9.63. The van der Waals surface area contributed by atoms with E-state index >= 15 is 0 Å². The first-order valence-electron chi connectivity index (χ1n) is 7.84. The van der Waals surface area contributed by atoms with E-state index < -0.39 is 0 Å². The summed E-state index contributed by atoms with van der Waals surface area (Å²) in [4.78, 5) is 17.2. The molecular weight excluding hydrogens is 254 g/mol. The second-order valence-electron chi connectivity index (χ2n) is 5.67. The molecule has 0 aliphatic carbocycles. The lowest BCUT2D eigenvalue weighted by Gasteiger charge is -2.34. The molecule has 0 saturated carbocycles. The smallest absolute Gasteiger partial charge is 0.230 e. The summed E-state index contributed by atoms with van der Waals surface area (Å²) in [6.45, 7) is 9.92. The molecule has 0 bridgehead atoms. The van der Waals surface area contributed by atoms with Gasteiger partial charge in [0.05, 0.1) is 12.0 Å². The van der Waals surface area contributed by atoms with Crippen molar-refractivity contribution in [2.24, 2.45) is 11.1 Å². The molecule has 20 heavy (non-hydrogen) atoms. The topological polar surface area (TPSA) is 58.8 Å². The van der Waals surface area contributed by atoms with Gasteiger partial charge in [0.15, 0.2) is 0 Å². The van der Waals surface area contributed by atoms with E-state index in [1.807, 2.05) is 4.90 Å². The monoisotopic (exact) mass is 285 g/mol. The van der Waals surface area contributed by atoms with Crippen LogP contribution in [0.2, 0.25) is 0 Å². The number of methoxy groups -OCH3 is 1. The van der Waals surface area contributed by atoms with E-state index in [9.17, 15) is 4.79 Å². The zero-order valence-corrected chi connectivity index (χ0v) is 13.4. The molecule has 0 aromatic rings. The molecular formula is C15H31N3O2. The van der Waals surface area contributed by atoms with Crippen molar-refractivity contribution in [3.8, 4) is 0 Å². The van der Waals surface area contributed by atoms with Crippen LogP contribution in [-0.2, 0) is 9.53 Å². The van der Waals surface area contributed by atoms with Crippen LogP contribution in [0.1, 0.15) is 33.1 Å². The van der Waals surface area contributed by atoms with E-state index in [0.717, 1.165) is 58.6 Å². The van der Waals surface area contributed by atoms with E-state index in [4.69, 9.17) is 10.5 Å². The highest BCUT2D eigenvalue weighted by Crippen LogP contribution is 2.28. The molecule has 1 fully saturated rings. The summed E-state index contributed by atoms with van der Waals surface area (Å²) in [5.74, 6) is 0.249. The van der Waals surface area contributed by atoms with Gasteiger partial charge in [0.2, 0.25) is 5.91 Å². The molecule has 1 amide bonds. The Kier molecular flexibility index (Phi) is 7.48. The number of hydrogen-bond acceptors (Lipinski definition) is 4. The predicted octanol–water partition coefficient (Wildman–Crippen LogP) is 0.932. The molecule has 1 rings (SSSR count). The third-order valence-electron chi connectivity index (χ3n) is 4.69. The molecule has 5 heteroatoms. The van der Waals surface area contributed by atoms with Crippen LogP contribution in [0.3, 0.4) is 0 Å². The van der Waals surface area contributed by atoms with Gasteiger partial charge in [-0.2, -0.15) is 0 Å². The minimum Gasteiger partial charge on any atom is -0.383 e. The maximum atomic E-state index is 12.8. The number of carbonyl (C=O) groups is 1. The molecule has 1 aliphatic rings. The highest BCUT2D eigenvalue weighted by molar-refractivity contribution is 5.83. The Labute approximate surface area is 123 Å². The first-order valence-corrected chi connectivity index (χ1v) is 7.84. The van der Waals surface area contributed by atoms with Crippen LogP contribution < -0.4 is 5.73 Å². The molecule has 1 heterocycles. The Hall–Kier alpha value is -0.650. The van der Waals surface area contributed by atoms with Gasteiger partial charge in [0.25, 0.3) is 0 Å². The van der Waals surface area contributed by atoms with Gasteiger partial charge in [0.1, 0.15) is 0 Å². The van der Waals surface area contributed by atoms with E-state index in [1.54, 1.807) is 7.11 Å². The van der Waals surface area contributed by atoms with Crippen molar-refractivity contribution < 1.29 is 9.53 Å². The van der Waals surface area contributed by atoms with Crippen LogP contribution >= 0.6 is 0 Å². The minimum atomic E-state index is -0.359. The Morgan fingerprint density at radius 2 is 1.90 bits per heavy atom. The quantitative estimate of drug-likeness (QED) is 0.756. The number of rotatable bonds is 7.